The van der Waals surface area contributed by atoms with Crippen LogP contribution in [0, 0.1) is 0 Å². The van der Waals surface area contributed by atoms with Gasteiger partial charge in [-0.15, -0.1) is 0 Å². The molecule has 38 heavy (non-hydrogen) atoms. The van der Waals surface area contributed by atoms with Crippen molar-refractivity contribution in [3.8, 4) is 0 Å². The topological polar surface area (TPSA) is 251 Å². The molecule has 208 valence electrons. The predicted octanol–water partition coefficient (Wildman–Crippen LogP) is -1.97. The van der Waals surface area contributed by atoms with Crippen molar-refractivity contribution in [1.29, 1.82) is 0 Å². The fraction of sp³-hybridized carbons (Fsp3) is 0.458. The predicted molar refractivity (Wildman–Crippen MR) is 141 cm³/mol. The Balaban J connectivity index is 2.07. The zero-order chi connectivity index (χ0) is 28.4. The van der Waals surface area contributed by atoms with Gasteiger partial charge in [-0.05, 0) is 44.7 Å². The first-order valence-electron chi connectivity index (χ1n) is 12.1. The lowest BCUT2D eigenvalue weighted by Crippen LogP contribution is -2.57. The molecular weight excluding hydrogens is 496 g/mol. The number of aromatic nitrogens is 1. The summed E-state index contributed by atoms with van der Waals surface area (Å²) in [7, 11) is 0. The first-order valence-corrected chi connectivity index (χ1v) is 12.1. The van der Waals surface area contributed by atoms with Gasteiger partial charge in [-0.1, -0.05) is 18.2 Å². The molecule has 0 aliphatic heterocycles. The molecule has 0 aliphatic rings. The molecule has 0 bridgehead atoms. The molecule has 0 saturated carbocycles. The molecular formula is C24H36N8O6. The minimum absolute atomic E-state index is 0.118. The molecule has 0 spiro atoms. The second-order valence-corrected chi connectivity index (χ2v) is 8.98. The number of aliphatic hydroxyl groups excluding tert-OH is 1. The van der Waals surface area contributed by atoms with Crippen LogP contribution < -0.4 is 33.2 Å². The van der Waals surface area contributed by atoms with Crippen molar-refractivity contribution in [3.05, 3.63) is 36.0 Å². The van der Waals surface area contributed by atoms with E-state index in [0.717, 1.165) is 16.5 Å². The average Bonchev–Trinajstić information content (AvgIpc) is 3.25. The van der Waals surface area contributed by atoms with E-state index in [-0.39, 0.29) is 25.3 Å². The molecule has 12 N–H and O–H groups in total. The number of carbonyl (C=O) groups excluding carboxylic acids is 3. The SMILES string of the molecule is CC(NC(=O)C(CCCN=C(N)N)NC(=O)C(N)Cc1c[nH]c2ccccc12)C(=O)NC(C(=O)O)C(C)O. The number of fused-ring (bicyclic) bond motifs is 1. The van der Waals surface area contributed by atoms with E-state index in [9.17, 15) is 24.3 Å². The summed E-state index contributed by atoms with van der Waals surface area (Å²) in [5.41, 5.74) is 18.6. The number of para-hydroxylation sites is 1. The van der Waals surface area contributed by atoms with E-state index >= 15 is 0 Å². The summed E-state index contributed by atoms with van der Waals surface area (Å²) in [6.45, 7) is 2.76. The Morgan fingerprint density at radius 3 is 2.34 bits per heavy atom. The van der Waals surface area contributed by atoms with Crippen molar-refractivity contribution < 1.29 is 29.4 Å². The third-order valence-corrected chi connectivity index (χ3v) is 5.83. The summed E-state index contributed by atoms with van der Waals surface area (Å²) in [4.78, 5) is 56.5. The number of aliphatic hydroxyl groups is 1. The van der Waals surface area contributed by atoms with E-state index in [0.29, 0.717) is 6.42 Å². The van der Waals surface area contributed by atoms with E-state index in [1.807, 2.05) is 24.3 Å². The highest BCUT2D eigenvalue weighted by Gasteiger charge is 2.30. The van der Waals surface area contributed by atoms with Crippen LogP contribution in [0.15, 0.2) is 35.5 Å². The van der Waals surface area contributed by atoms with Gasteiger partial charge < -0.3 is 48.3 Å². The summed E-state index contributed by atoms with van der Waals surface area (Å²) in [5.74, 6) is -3.63. The first kappa shape index (κ1) is 30.1. The number of benzene rings is 1. The normalized spacial score (nSPS) is 14.9. The Hall–Kier alpha value is -4.17. The van der Waals surface area contributed by atoms with Crippen LogP contribution >= 0.6 is 0 Å². The van der Waals surface area contributed by atoms with E-state index in [4.69, 9.17) is 22.3 Å². The van der Waals surface area contributed by atoms with Crippen LogP contribution in [0.1, 0.15) is 32.3 Å². The maximum absolute atomic E-state index is 13.0. The molecule has 14 nitrogen and oxygen atoms in total. The van der Waals surface area contributed by atoms with Gasteiger partial charge in [-0.25, -0.2) is 4.79 Å². The Labute approximate surface area is 219 Å². The summed E-state index contributed by atoms with van der Waals surface area (Å²) in [5, 5.41) is 26.9. The van der Waals surface area contributed by atoms with Crippen LogP contribution in [-0.4, -0.2) is 81.7 Å². The standard InChI is InChI=1S/C24H36N8O6/c1-12(20(34)32-19(13(2)33)23(37)38)30-22(36)18(8-5-9-28-24(26)27)31-21(35)16(25)10-14-11-29-17-7-4-3-6-15(14)17/h3-4,6-7,11-13,16,18-19,29,33H,5,8-10,25H2,1-2H3,(H,30,36)(H,31,35)(H,32,34)(H,37,38)(H4,26,27,28). The number of nitrogens with zero attached hydrogens (tertiary/aromatic N) is 1. The number of amides is 3. The van der Waals surface area contributed by atoms with Crippen molar-refractivity contribution in [2.45, 2.75) is 63.4 Å². The van der Waals surface area contributed by atoms with Crippen molar-refractivity contribution in [1.82, 2.24) is 20.9 Å². The summed E-state index contributed by atoms with van der Waals surface area (Å²) in [6.07, 6.45) is 1.09. The van der Waals surface area contributed by atoms with Crippen LogP contribution in [0.4, 0.5) is 0 Å². The Kier molecular flexibility index (Phi) is 11.0. The highest BCUT2D eigenvalue weighted by molar-refractivity contribution is 5.94. The van der Waals surface area contributed by atoms with E-state index in [1.165, 1.54) is 13.8 Å². The molecule has 2 rings (SSSR count). The lowest BCUT2D eigenvalue weighted by molar-refractivity contribution is -0.145. The minimum atomic E-state index is -1.56. The van der Waals surface area contributed by atoms with Crippen LogP contribution in [0.2, 0.25) is 0 Å². The van der Waals surface area contributed by atoms with Gasteiger partial charge in [0.25, 0.3) is 0 Å². The maximum Gasteiger partial charge on any atom is 0.328 e. The number of aliphatic imine (C=N–C) groups is 1. The molecule has 1 aromatic carbocycles. The number of guanidine groups is 1. The van der Waals surface area contributed by atoms with Gasteiger partial charge in [0.1, 0.15) is 12.1 Å². The zero-order valence-corrected chi connectivity index (χ0v) is 21.3. The molecule has 2 aromatic rings. The molecule has 3 amide bonds. The van der Waals surface area contributed by atoms with Crippen molar-refractivity contribution >= 4 is 40.6 Å². The number of hydrogen-bond donors (Lipinski definition) is 9. The molecule has 0 saturated heterocycles. The van der Waals surface area contributed by atoms with Gasteiger partial charge in [-0.3, -0.25) is 19.4 Å². The monoisotopic (exact) mass is 532 g/mol. The van der Waals surface area contributed by atoms with E-state index in [1.54, 1.807) is 6.20 Å². The van der Waals surface area contributed by atoms with Gasteiger partial charge in [0.2, 0.25) is 17.7 Å². The zero-order valence-electron chi connectivity index (χ0n) is 21.3. The lowest BCUT2D eigenvalue weighted by Gasteiger charge is -2.24. The molecule has 0 fully saturated rings. The smallest absolute Gasteiger partial charge is 0.328 e. The molecule has 5 atom stereocenters. The van der Waals surface area contributed by atoms with Gasteiger partial charge in [0.15, 0.2) is 12.0 Å². The fourth-order valence-electron chi connectivity index (χ4n) is 3.73. The quantitative estimate of drug-likeness (QED) is 0.0742. The number of nitrogens with two attached hydrogens (primary N) is 3. The molecule has 0 radical (unpaired) electrons. The largest absolute Gasteiger partial charge is 0.480 e. The van der Waals surface area contributed by atoms with Crippen molar-refractivity contribution in [2.24, 2.45) is 22.2 Å². The van der Waals surface area contributed by atoms with Gasteiger partial charge in [0, 0.05) is 23.6 Å². The van der Waals surface area contributed by atoms with Gasteiger partial charge in [0.05, 0.1) is 12.1 Å². The number of aromatic amines is 1. The Morgan fingerprint density at radius 1 is 1.03 bits per heavy atom. The van der Waals surface area contributed by atoms with E-state index < -0.39 is 54.0 Å². The lowest BCUT2D eigenvalue weighted by atomic mass is 10.0. The van der Waals surface area contributed by atoms with E-state index in [2.05, 4.69) is 25.9 Å². The number of nitrogens with one attached hydrogen (secondary N) is 4. The second-order valence-electron chi connectivity index (χ2n) is 8.98. The van der Waals surface area contributed by atoms with Crippen molar-refractivity contribution in [3.63, 3.8) is 0 Å². The number of carboxylic acids is 1. The van der Waals surface area contributed by atoms with Crippen LogP contribution in [-0.2, 0) is 25.6 Å². The number of H-pyrrole nitrogens is 1. The summed E-state index contributed by atoms with van der Waals surface area (Å²) >= 11 is 0. The number of hydrogen-bond acceptors (Lipinski definition) is 7. The average molecular weight is 533 g/mol. The summed E-state index contributed by atoms with van der Waals surface area (Å²) in [6, 6.07) is 2.80. The number of carbonyl (C=O) groups is 4. The third-order valence-electron chi connectivity index (χ3n) is 5.83. The first-order chi connectivity index (χ1) is 17.9. The second kappa shape index (κ2) is 13.9. The third kappa shape index (κ3) is 8.74. The molecule has 0 aliphatic carbocycles. The van der Waals surface area contributed by atoms with Crippen molar-refractivity contribution in [2.75, 3.05) is 6.54 Å². The maximum atomic E-state index is 13.0. The highest BCUT2D eigenvalue weighted by Crippen LogP contribution is 2.18. The molecule has 14 heteroatoms. The number of rotatable bonds is 14. The molecule has 5 unspecified atom stereocenters. The van der Waals surface area contributed by atoms with Crippen LogP contribution in [0.25, 0.3) is 10.9 Å². The summed E-state index contributed by atoms with van der Waals surface area (Å²) < 4.78 is 0. The van der Waals surface area contributed by atoms with Gasteiger partial charge in [-0.2, -0.15) is 0 Å². The molecule has 1 aromatic heterocycles. The van der Waals surface area contributed by atoms with Crippen LogP contribution in [0.5, 0.6) is 0 Å². The fourth-order valence-corrected chi connectivity index (χ4v) is 3.73. The van der Waals surface area contributed by atoms with Gasteiger partial charge >= 0.3 is 5.97 Å². The van der Waals surface area contributed by atoms with Crippen LogP contribution in [0.3, 0.4) is 0 Å². The highest BCUT2D eigenvalue weighted by atomic mass is 16.4. The number of aliphatic carboxylic acids is 1. The Bertz CT molecular complexity index is 1160. The minimum Gasteiger partial charge on any atom is -0.480 e. The number of carboxylic acid groups (broad SMARTS) is 1. The molecule has 1 heterocycles. The Morgan fingerprint density at radius 2 is 1.71 bits per heavy atom.